The van der Waals surface area contributed by atoms with E-state index < -0.39 is 0 Å². The Morgan fingerprint density at radius 1 is 0.875 bits per heavy atom. The number of nitrogens with two attached hydrogens (primary N) is 1. The van der Waals surface area contributed by atoms with E-state index in [0.29, 0.717) is 0 Å². The molecule has 0 bridgehead atoms. The lowest BCUT2D eigenvalue weighted by Crippen LogP contribution is -2.15. The molecule has 0 aliphatic carbocycles. The molecule has 0 saturated heterocycles. The minimum Gasteiger partial charge on any atom is -0.494 e. The maximum atomic E-state index is 5.87. The van der Waals surface area contributed by atoms with Gasteiger partial charge in [0.1, 0.15) is 11.4 Å². The van der Waals surface area contributed by atoms with Crippen LogP contribution < -0.4 is 10.5 Å². The number of fused-ring (bicyclic) bond motifs is 3. The minimum atomic E-state index is 0.737. The summed E-state index contributed by atoms with van der Waals surface area (Å²) in [6.07, 6.45) is 5.40. The summed E-state index contributed by atoms with van der Waals surface area (Å²) in [6, 6.07) is 19.3. The van der Waals surface area contributed by atoms with Gasteiger partial charge in [0, 0.05) is 28.5 Å². The summed E-state index contributed by atoms with van der Waals surface area (Å²) >= 11 is 0. The number of nitrogens with zero attached hydrogens (tertiary/aromatic N) is 2. The van der Waals surface area contributed by atoms with Crippen LogP contribution in [0.15, 0.2) is 54.6 Å². The Morgan fingerprint density at radius 3 is 2.47 bits per heavy atom. The molecule has 0 saturated carbocycles. The van der Waals surface area contributed by atoms with Gasteiger partial charge in [-0.25, -0.2) is 4.98 Å². The molecule has 0 amide bonds. The molecule has 4 aromatic rings. The van der Waals surface area contributed by atoms with Crippen LogP contribution in [0.5, 0.6) is 5.75 Å². The second kappa shape index (κ2) is 10.6. The van der Waals surface area contributed by atoms with Gasteiger partial charge in [-0.2, -0.15) is 0 Å². The van der Waals surface area contributed by atoms with Crippen molar-refractivity contribution in [2.24, 2.45) is 5.73 Å². The molecule has 0 aliphatic rings. The van der Waals surface area contributed by atoms with E-state index in [1.54, 1.807) is 0 Å². The van der Waals surface area contributed by atoms with E-state index in [9.17, 15) is 0 Å². The fourth-order valence-electron chi connectivity index (χ4n) is 4.08. The predicted octanol–water partition coefficient (Wildman–Crippen LogP) is 5.39. The number of aromatic amines is 1. The first kappa shape index (κ1) is 22.3. The maximum Gasteiger partial charge on any atom is 0.138 e. The molecular weight excluding hydrogens is 396 g/mol. The Bertz CT molecular complexity index is 1150. The quantitative estimate of drug-likeness (QED) is 0.313. The van der Waals surface area contributed by atoms with E-state index in [1.807, 2.05) is 0 Å². The highest BCUT2D eigenvalue weighted by molar-refractivity contribution is 6.07. The van der Waals surface area contributed by atoms with Crippen LogP contribution in [0.3, 0.4) is 0 Å². The van der Waals surface area contributed by atoms with Crippen molar-refractivity contribution < 1.29 is 4.74 Å². The van der Waals surface area contributed by atoms with Crippen molar-refractivity contribution in [3.63, 3.8) is 0 Å². The monoisotopic (exact) mass is 430 g/mol. The summed E-state index contributed by atoms with van der Waals surface area (Å²) < 4.78 is 5.87. The fraction of sp³-hybridized carbons (Fsp3) is 0.370. The molecule has 5 nitrogen and oxygen atoms in total. The van der Waals surface area contributed by atoms with E-state index in [1.165, 1.54) is 21.9 Å². The average molecular weight is 431 g/mol. The third-order valence-corrected chi connectivity index (χ3v) is 5.86. The van der Waals surface area contributed by atoms with Gasteiger partial charge < -0.3 is 20.4 Å². The second-order valence-electron chi connectivity index (χ2n) is 8.71. The van der Waals surface area contributed by atoms with Crippen molar-refractivity contribution in [3.05, 3.63) is 60.3 Å². The van der Waals surface area contributed by atoms with Gasteiger partial charge >= 0.3 is 0 Å². The van der Waals surface area contributed by atoms with Crippen molar-refractivity contribution in [2.45, 2.75) is 32.1 Å². The molecule has 168 valence electrons. The highest BCUT2D eigenvalue weighted by Gasteiger charge is 2.09. The van der Waals surface area contributed by atoms with Crippen LogP contribution in [-0.2, 0) is 6.42 Å². The average Bonchev–Trinajstić information content (AvgIpc) is 3.17. The molecule has 0 spiro atoms. The van der Waals surface area contributed by atoms with Crippen molar-refractivity contribution in [2.75, 3.05) is 33.8 Å². The highest BCUT2D eigenvalue weighted by atomic mass is 16.5. The summed E-state index contributed by atoms with van der Waals surface area (Å²) in [5.74, 6) is 0.920. The fourth-order valence-corrected chi connectivity index (χ4v) is 4.08. The van der Waals surface area contributed by atoms with Crippen LogP contribution >= 0.6 is 0 Å². The maximum absolute atomic E-state index is 5.87. The number of aryl methyl sites for hydroxylation is 1. The van der Waals surface area contributed by atoms with Gasteiger partial charge in [0.05, 0.1) is 6.61 Å². The molecule has 0 aliphatic heterocycles. The second-order valence-corrected chi connectivity index (χ2v) is 8.71. The number of aromatic nitrogens is 2. The lowest BCUT2D eigenvalue weighted by atomic mass is 10.0. The number of hydrogen-bond donors (Lipinski definition) is 2. The zero-order chi connectivity index (χ0) is 22.3. The molecule has 4 rings (SSSR count). The standard InChI is InChI=1S/C27H34N4O/c1-31(2)17-6-18-32-23-12-8-20(9-13-23)21-10-15-26-25(19-21)24-14-11-22(29-27(24)30-26)7-4-3-5-16-28/h8-15,19H,3-7,16-18,28H2,1-2H3,(H,29,30). The van der Waals surface area contributed by atoms with E-state index in [-0.39, 0.29) is 0 Å². The third-order valence-electron chi connectivity index (χ3n) is 5.86. The Labute approximate surface area is 190 Å². The van der Waals surface area contributed by atoms with Crippen LogP contribution in [-0.4, -0.2) is 48.7 Å². The Balaban J connectivity index is 1.48. The molecular formula is C27H34N4O. The van der Waals surface area contributed by atoms with Gasteiger partial charge in [0.2, 0.25) is 0 Å². The van der Waals surface area contributed by atoms with Gasteiger partial charge in [-0.15, -0.1) is 0 Å². The lowest BCUT2D eigenvalue weighted by Gasteiger charge is -2.11. The Hall–Kier alpha value is -2.89. The molecule has 0 unspecified atom stereocenters. The number of pyridine rings is 1. The topological polar surface area (TPSA) is 67.2 Å². The smallest absolute Gasteiger partial charge is 0.138 e. The molecule has 0 radical (unpaired) electrons. The molecule has 2 aromatic carbocycles. The van der Waals surface area contributed by atoms with Gasteiger partial charge in [-0.3, -0.25) is 0 Å². The van der Waals surface area contributed by atoms with E-state index in [4.69, 9.17) is 15.5 Å². The van der Waals surface area contributed by atoms with E-state index >= 15 is 0 Å². The third kappa shape index (κ3) is 5.47. The largest absolute Gasteiger partial charge is 0.494 e. The van der Waals surface area contributed by atoms with Crippen molar-refractivity contribution in [1.29, 1.82) is 0 Å². The summed E-state index contributed by atoms with van der Waals surface area (Å²) in [5.41, 5.74) is 11.2. The minimum absolute atomic E-state index is 0.737. The van der Waals surface area contributed by atoms with Crippen LogP contribution in [0.1, 0.15) is 31.4 Å². The van der Waals surface area contributed by atoms with Crippen LogP contribution in [0.4, 0.5) is 0 Å². The Kier molecular flexibility index (Phi) is 7.40. The number of ether oxygens (including phenoxy) is 1. The van der Waals surface area contributed by atoms with Crippen molar-refractivity contribution in [3.8, 4) is 16.9 Å². The van der Waals surface area contributed by atoms with E-state index in [0.717, 1.165) is 74.4 Å². The number of hydrogen-bond acceptors (Lipinski definition) is 4. The van der Waals surface area contributed by atoms with Crippen LogP contribution in [0.25, 0.3) is 33.1 Å². The van der Waals surface area contributed by atoms with E-state index in [2.05, 4.69) is 78.6 Å². The van der Waals surface area contributed by atoms with Crippen LogP contribution in [0, 0.1) is 0 Å². The number of nitrogens with one attached hydrogen (secondary N) is 1. The lowest BCUT2D eigenvalue weighted by molar-refractivity contribution is 0.281. The molecule has 3 N–H and O–H groups in total. The number of benzene rings is 2. The van der Waals surface area contributed by atoms with Gasteiger partial charge in [0.15, 0.2) is 0 Å². The SMILES string of the molecule is CN(C)CCCOc1ccc(-c2ccc3[nH]c4nc(CCCCCN)ccc4c3c2)cc1. The number of H-pyrrole nitrogens is 1. The number of rotatable bonds is 11. The molecule has 32 heavy (non-hydrogen) atoms. The number of unbranched alkanes of at least 4 members (excludes halogenated alkanes) is 2. The Morgan fingerprint density at radius 2 is 1.69 bits per heavy atom. The molecule has 0 atom stereocenters. The normalized spacial score (nSPS) is 11.6. The van der Waals surface area contributed by atoms with Crippen LogP contribution in [0.2, 0.25) is 0 Å². The highest BCUT2D eigenvalue weighted by Crippen LogP contribution is 2.30. The summed E-state index contributed by atoms with van der Waals surface area (Å²) in [5, 5.41) is 2.39. The summed E-state index contributed by atoms with van der Waals surface area (Å²) in [4.78, 5) is 10.5. The van der Waals surface area contributed by atoms with Gasteiger partial charge in [-0.05, 0) is 93.8 Å². The van der Waals surface area contributed by atoms with Crippen molar-refractivity contribution >= 4 is 21.9 Å². The first-order valence-corrected chi connectivity index (χ1v) is 11.6. The summed E-state index contributed by atoms with van der Waals surface area (Å²) in [6.45, 7) is 2.54. The first-order valence-electron chi connectivity index (χ1n) is 11.6. The first-order chi connectivity index (χ1) is 15.6. The van der Waals surface area contributed by atoms with Crippen molar-refractivity contribution in [1.82, 2.24) is 14.9 Å². The predicted molar refractivity (Wildman–Crippen MR) is 134 cm³/mol. The molecule has 0 fully saturated rings. The molecule has 2 heterocycles. The van der Waals surface area contributed by atoms with Gasteiger partial charge in [-0.1, -0.05) is 24.6 Å². The van der Waals surface area contributed by atoms with Gasteiger partial charge in [0.25, 0.3) is 0 Å². The molecule has 5 heteroatoms. The zero-order valence-electron chi connectivity index (χ0n) is 19.2. The summed E-state index contributed by atoms with van der Waals surface area (Å²) in [7, 11) is 4.16. The molecule has 2 aromatic heterocycles. The zero-order valence-corrected chi connectivity index (χ0v) is 19.2.